The van der Waals surface area contributed by atoms with E-state index in [0.717, 1.165) is 17.1 Å². The smallest absolute Gasteiger partial charge is 0.0883 e. The maximum absolute atomic E-state index is 8.65. The van der Waals surface area contributed by atoms with Crippen molar-refractivity contribution in [3.8, 4) is 0 Å². The van der Waals surface area contributed by atoms with Crippen LogP contribution in [-0.2, 0) is 6.42 Å². The van der Waals surface area contributed by atoms with Crippen LogP contribution in [0.2, 0.25) is 0 Å². The first-order chi connectivity index (χ1) is 7.88. The molecule has 0 saturated carbocycles. The summed E-state index contributed by atoms with van der Waals surface area (Å²) in [7, 11) is 0. The minimum absolute atomic E-state index is 0.112. The molecule has 2 rings (SSSR count). The fraction of sp³-hybridized carbons (Fsp3) is 0.300. The topological polar surface area (TPSA) is 86.7 Å². The number of anilines is 1. The Balaban J connectivity index is 1.96. The average molecular weight is 219 g/mol. The molecule has 6 heteroatoms. The Kier molecular flexibility index (Phi) is 3.45. The molecule has 84 valence electrons. The molecule has 0 atom stereocenters. The van der Waals surface area contributed by atoms with Crippen LogP contribution in [0.3, 0.4) is 0 Å². The maximum atomic E-state index is 8.65. The van der Waals surface area contributed by atoms with Gasteiger partial charge in [-0.15, -0.1) is 5.10 Å². The number of nitrogens with zero attached hydrogens (tertiary/aromatic N) is 3. The van der Waals surface area contributed by atoms with Crippen LogP contribution in [0.5, 0.6) is 0 Å². The number of aliphatic hydroxyl groups is 1. The number of hydrogen-bond acceptors (Lipinski definition) is 5. The third kappa shape index (κ3) is 2.77. The van der Waals surface area contributed by atoms with Crippen molar-refractivity contribution in [1.82, 2.24) is 20.4 Å². The van der Waals surface area contributed by atoms with E-state index in [1.807, 2.05) is 12.1 Å². The summed E-state index contributed by atoms with van der Waals surface area (Å²) in [4.78, 5) is 4.28. The van der Waals surface area contributed by atoms with E-state index in [9.17, 15) is 0 Å². The lowest BCUT2D eigenvalue weighted by Crippen LogP contribution is -2.05. The van der Waals surface area contributed by atoms with E-state index in [1.54, 1.807) is 12.4 Å². The van der Waals surface area contributed by atoms with Gasteiger partial charge in [-0.3, -0.25) is 10.1 Å². The van der Waals surface area contributed by atoms with E-state index in [4.69, 9.17) is 5.11 Å². The van der Waals surface area contributed by atoms with Gasteiger partial charge in [0.1, 0.15) is 0 Å². The zero-order valence-electron chi connectivity index (χ0n) is 8.72. The van der Waals surface area contributed by atoms with Crippen molar-refractivity contribution in [2.24, 2.45) is 0 Å². The third-order valence-corrected chi connectivity index (χ3v) is 2.10. The average Bonchev–Trinajstić information content (AvgIpc) is 2.81. The predicted molar refractivity (Wildman–Crippen MR) is 59.0 cm³/mol. The summed E-state index contributed by atoms with van der Waals surface area (Å²) in [5.74, 6) is 0. The molecule has 2 aromatic heterocycles. The highest BCUT2D eigenvalue weighted by molar-refractivity contribution is 5.41. The normalized spacial score (nSPS) is 10.3. The summed E-state index contributed by atoms with van der Waals surface area (Å²) >= 11 is 0. The minimum Gasteiger partial charge on any atom is -0.395 e. The molecular formula is C10H13N5O. The fourth-order valence-corrected chi connectivity index (χ4v) is 1.33. The summed E-state index contributed by atoms with van der Waals surface area (Å²) in [6.45, 7) is 0.644. The second kappa shape index (κ2) is 5.22. The Hall–Kier alpha value is -1.95. The van der Waals surface area contributed by atoms with Crippen molar-refractivity contribution in [3.63, 3.8) is 0 Å². The quantitative estimate of drug-likeness (QED) is 0.668. The molecule has 6 nitrogen and oxygen atoms in total. The molecule has 0 spiro atoms. The van der Waals surface area contributed by atoms with Crippen LogP contribution < -0.4 is 5.32 Å². The lowest BCUT2D eigenvalue weighted by Gasteiger charge is -2.04. The van der Waals surface area contributed by atoms with E-state index >= 15 is 0 Å². The Morgan fingerprint density at radius 1 is 1.31 bits per heavy atom. The second-order valence-electron chi connectivity index (χ2n) is 3.33. The van der Waals surface area contributed by atoms with E-state index in [1.165, 1.54) is 0 Å². The number of rotatable bonds is 5. The molecule has 2 aromatic rings. The van der Waals surface area contributed by atoms with Crippen molar-refractivity contribution in [2.75, 3.05) is 18.5 Å². The molecule has 0 aliphatic rings. The highest BCUT2D eigenvalue weighted by atomic mass is 16.3. The Labute approximate surface area is 92.7 Å². The number of aliphatic hydroxyl groups excluding tert-OH is 1. The maximum Gasteiger partial charge on any atom is 0.0883 e. The lowest BCUT2D eigenvalue weighted by molar-refractivity contribution is 0.311. The predicted octanol–water partition coefficient (Wildman–Crippen LogP) is 0.195. The first-order valence-electron chi connectivity index (χ1n) is 5.03. The van der Waals surface area contributed by atoms with Gasteiger partial charge in [0.2, 0.25) is 0 Å². The van der Waals surface area contributed by atoms with Gasteiger partial charge in [-0.05, 0) is 12.1 Å². The Morgan fingerprint density at radius 3 is 2.88 bits per heavy atom. The monoisotopic (exact) mass is 219 g/mol. The summed E-state index contributed by atoms with van der Waals surface area (Å²) in [5, 5.41) is 21.9. The highest BCUT2D eigenvalue weighted by Crippen LogP contribution is 2.08. The van der Waals surface area contributed by atoms with Crippen molar-refractivity contribution in [2.45, 2.75) is 6.42 Å². The molecular weight excluding hydrogens is 206 g/mol. The van der Waals surface area contributed by atoms with Crippen molar-refractivity contribution < 1.29 is 5.11 Å². The van der Waals surface area contributed by atoms with Crippen molar-refractivity contribution >= 4 is 5.69 Å². The lowest BCUT2D eigenvalue weighted by atomic mass is 10.2. The number of hydrogen-bond donors (Lipinski definition) is 3. The number of H-pyrrole nitrogens is 1. The SMILES string of the molecule is OCCNc1ccc(Cc2c[nH]nn2)nc1. The molecule has 0 aliphatic heterocycles. The summed E-state index contributed by atoms with van der Waals surface area (Å²) in [5.41, 5.74) is 2.70. The van der Waals surface area contributed by atoms with Crippen LogP contribution in [-0.4, -0.2) is 38.7 Å². The van der Waals surface area contributed by atoms with Crippen LogP contribution in [0.15, 0.2) is 24.5 Å². The van der Waals surface area contributed by atoms with Gasteiger partial charge >= 0.3 is 0 Å². The molecule has 0 aliphatic carbocycles. The molecule has 0 fully saturated rings. The molecule has 3 N–H and O–H groups in total. The standard InChI is InChI=1S/C10H13N5O/c16-4-3-11-9-2-1-8(12-6-9)5-10-7-13-15-14-10/h1-2,6-7,11,16H,3-5H2,(H,13,14,15). The largest absolute Gasteiger partial charge is 0.395 e. The molecule has 2 heterocycles. The number of aromatic nitrogens is 4. The van der Waals surface area contributed by atoms with Crippen LogP contribution in [0.25, 0.3) is 0 Å². The Bertz CT molecular complexity index is 411. The van der Waals surface area contributed by atoms with Crippen LogP contribution in [0.4, 0.5) is 5.69 Å². The molecule has 0 unspecified atom stereocenters. The zero-order chi connectivity index (χ0) is 11.2. The molecule has 0 bridgehead atoms. The van der Waals surface area contributed by atoms with E-state index < -0.39 is 0 Å². The fourth-order valence-electron chi connectivity index (χ4n) is 1.33. The van der Waals surface area contributed by atoms with Gasteiger partial charge in [-0.1, -0.05) is 5.21 Å². The Morgan fingerprint density at radius 2 is 2.25 bits per heavy atom. The van der Waals surface area contributed by atoms with E-state index in [-0.39, 0.29) is 6.61 Å². The first-order valence-corrected chi connectivity index (χ1v) is 5.03. The number of nitrogens with one attached hydrogen (secondary N) is 2. The summed E-state index contributed by atoms with van der Waals surface area (Å²) in [6.07, 6.45) is 4.15. The highest BCUT2D eigenvalue weighted by Gasteiger charge is 2.00. The van der Waals surface area contributed by atoms with Crippen LogP contribution >= 0.6 is 0 Å². The third-order valence-electron chi connectivity index (χ3n) is 2.10. The molecule has 0 radical (unpaired) electrons. The van der Waals surface area contributed by atoms with Gasteiger partial charge in [-0.25, -0.2) is 0 Å². The summed E-state index contributed by atoms with van der Waals surface area (Å²) < 4.78 is 0. The molecule has 0 saturated heterocycles. The van der Waals surface area contributed by atoms with Gasteiger partial charge in [0.15, 0.2) is 0 Å². The molecule has 0 aromatic carbocycles. The summed E-state index contributed by atoms with van der Waals surface area (Å²) in [6, 6.07) is 3.85. The molecule has 0 amide bonds. The van der Waals surface area contributed by atoms with Crippen LogP contribution in [0, 0.1) is 0 Å². The first kappa shape index (κ1) is 10.6. The van der Waals surface area contributed by atoms with Crippen molar-refractivity contribution in [3.05, 3.63) is 35.9 Å². The molecule has 16 heavy (non-hydrogen) atoms. The van der Waals surface area contributed by atoms with Crippen LogP contribution in [0.1, 0.15) is 11.4 Å². The minimum atomic E-state index is 0.112. The van der Waals surface area contributed by atoms with Gasteiger partial charge in [0.05, 0.1) is 24.2 Å². The van der Waals surface area contributed by atoms with Crippen molar-refractivity contribution in [1.29, 1.82) is 0 Å². The number of pyridine rings is 1. The van der Waals surface area contributed by atoms with Gasteiger partial charge in [0.25, 0.3) is 0 Å². The van der Waals surface area contributed by atoms with Gasteiger partial charge in [0, 0.05) is 24.9 Å². The second-order valence-corrected chi connectivity index (χ2v) is 3.33. The van der Waals surface area contributed by atoms with Gasteiger partial charge < -0.3 is 10.4 Å². The van der Waals surface area contributed by atoms with E-state index in [2.05, 4.69) is 25.7 Å². The van der Waals surface area contributed by atoms with E-state index in [0.29, 0.717) is 13.0 Å². The zero-order valence-corrected chi connectivity index (χ0v) is 8.72. The number of aromatic amines is 1. The van der Waals surface area contributed by atoms with Gasteiger partial charge in [-0.2, -0.15) is 0 Å².